The van der Waals surface area contributed by atoms with Crippen molar-refractivity contribution in [1.29, 1.82) is 0 Å². The molecule has 3 fully saturated rings. The molecule has 0 radical (unpaired) electrons. The molecular weight excluding hydrogens is 262 g/mol. The SMILES string of the molecule is c1cc(N2CCOC3CCCCC32)c(CNC2CC2)cn1. The molecule has 0 aromatic carbocycles. The molecule has 1 N–H and O–H groups in total. The summed E-state index contributed by atoms with van der Waals surface area (Å²) < 4.78 is 6.01. The molecular formula is C17H25N3O. The third-order valence-corrected chi connectivity index (χ3v) is 5.08. The molecule has 4 nitrogen and oxygen atoms in total. The van der Waals surface area contributed by atoms with Crippen molar-refractivity contribution in [2.24, 2.45) is 0 Å². The number of morpholine rings is 1. The van der Waals surface area contributed by atoms with E-state index in [1.807, 2.05) is 12.4 Å². The third-order valence-electron chi connectivity index (χ3n) is 5.08. The molecule has 2 aliphatic carbocycles. The predicted molar refractivity (Wildman–Crippen MR) is 83.4 cm³/mol. The number of hydrogen-bond donors (Lipinski definition) is 1. The minimum absolute atomic E-state index is 0.435. The van der Waals surface area contributed by atoms with Gasteiger partial charge in [0, 0.05) is 42.8 Å². The van der Waals surface area contributed by atoms with Gasteiger partial charge in [-0.05, 0) is 31.7 Å². The third kappa shape index (κ3) is 2.92. The van der Waals surface area contributed by atoms with Gasteiger partial charge in [0.2, 0.25) is 0 Å². The Morgan fingerprint density at radius 1 is 1.24 bits per heavy atom. The highest BCUT2D eigenvalue weighted by atomic mass is 16.5. The van der Waals surface area contributed by atoms with E-state index in [1.165, 1.54) is 49.8 Å². The Bertz CT molecular complexity index is 487. The molecule has 1 aromatic heterocycles. The van der Waals surface area contributed by atoms with Gasteiger partial charge in [0.25, 0.3) is 0 Å². The number of hydrogen-bond acceptors (Lipinski definition) is 4. The van der Waals surface area contributed by atoms with Crippen LogP contribution in [0.25, 0.3) is 0 Å². The fourth-order valence-electron chi connectivity index (χ4n) is 3.77. The van der Waals surface area contributed by atoms with Crippen LogP contribution in [-0.2, 0) is 11.3 Å². The van der Waals surface area contributed by atoms with E-state index in [1.54, 1.807) is 0 Å². The fraction of sp³-hybridized carbons (Fsp3) is 0.706. The maximum Gasteiger partial charge on any atom is 0.0779 e. The first-order valence-electron chi connectivity index (χ1n) is 8.46. The van der Waals surface area contributed by atoms with Crippen molar-refractivity contribution in [3.8, 4) is 0 Å². The molecule has 0 amide bonds. The Morgan fingerprint density at radius 2 is 2.14 bits per heavy atom. The first-order valence-corrected chi connectivity index (χ1v) is 8.46. The zero-order valence-corrected chi connectivity index (χ0v) is 12.6. The van der Waals surface area contributed by atoms with Crippen molar-refractivity contribution in [3.05, 3.63) is 24.0 Å². The number of fused-ring (bicyclic) bond motifs is 1. The second kappa shape index (κ2) is 5.93. The summed E-state index contributed by atoms with van der Waals surface area (Å²) in [6.45, 7) is 2.82. The summed E-state index contributed by atoms with van der Waals surface area (Å²) in [5, 5.41) is 3.63. The van der Waals surface area contributed by atoms with Crippen LogP contribution in [0, 0.1) is 0 Å². The smallest absolute Gasteiger partial charge is 0.0779 e. The minimum atomic E-state index is 0.435. The van der Waals surface area contributed by atoms with Gasteiger partial charge in [-0.15, -0.1) is 0 Å². The van der Waals surface area contributed by atoms with Gasteiger partial charge in [-0.3, -0.25) is 4.98 Å². The quantitative estimate of drug-likeness (QED) is 0.923. The Morgan fingerprint density at radius 3 is 3.05 bits per heavy atom. The van der Waals surface area contributed by atoms with Crippen LogP contribution in [0.5, 0.6) is 0 Å². The van der Waals surface area contributed by atoms with Crippen molar-refractivity contribution in [1.82, 2.24) is 10.3 Å². The molecule has 4 rings (SSSR count). The zero-order chi connectivity index (χ0) is 14.1. The molecule has 1 aromatic rings. The normalized spacial score (nSPS) is 29.2. The van der Waals surface area contributed by atoms with Crippen LogP contribution in [0.4, 0.5) is 5.69 Å². The van der Waals surface area contributed by atoms with Crippen molar-refractivity contribution < 1.29 is 4.74 Å². The first kappa shape index (κ1) is 13.5. The number of ether oxygens (including phenoxy) is 1. The van der Waals surface area contributed by atoms with Gasteiger partial charge in [0.15, 0.2) is 0 Å². The van der Waals surface area contributed by atoms with Crippen molar-refractivity contribution in [3.63, 3.8) is 0 Å². The summed E-state index contributed by atoms with van der Waals surface area (Å²) in [6.07, 6.45) is 12.2. The molecule has 1 aliphatic heterocycles. The van der Waals surface area contributed by atoms with E-state index in [0.717, 1.165) is 25.7 Å². The van der Waals surface area contributed by atoms with Crippen LogP contribution >= 0.6 is 0 Å². The number of anilines is 1. The van der Waals surface area contributed by atoms with Gasteiger partial charge in [-0.25, -0.2) is 0 Å². The topological polar surface area (TPSA) is 37.4 Å². The largest absolute Gasteiger partial charge is 0.374 e. The van der Waals surface area contributed by atoms with E-state index in [2.05, 4.69) is 21.3 Å². The summed E-state index contributed by atoms with van der Waals surface area (Å²) in [5.41, 5.74) is 2.72. The summed E-state index contributed by atoms with van der Waals surface area (Å²) in [5.74, 6) is 0. The number of nitrogens with one attached hydrogen (secondary N) is 1. The summed E-state index contributed by atoms with van der Waals surface area (Å²) in [4.78, 5) is 6.94. The number of aromatic nitrogens is 1. The molecule has 0 spiro atoms. The Kier molecular flexibility index (Phi) is 3.82. The highest BCUT2D eigenvalue weighted by Gasteiger charge is 2.35. The molecule has 2 atom stereocenters. The van der Waals surface area contributed by atoms with Gasteiger partial charge in [-0.2, -0.15) is 0 Å². The van der Waals surface area contributed by atoms with Gasteiger partial charge in [0.05, 0.1) is 18.8 Å². The van der Waals surface area contributed by atoms with Gasteiger partial charge >= 0.3 is 0 Å². The van der Waals surface area contributed by atoms with Crippen LogP contribution in [0.15, 0.2) is 18.5 Å². The molecule has 2 saturated carbocycles. The van der Waals surface area contributed by atoms with E-state index in [9.17, 15) is 0 Å². The zero-order valence-electron chi connectivity index (χ0n) is 12.6. The van der Waals surface area contributed by atoms with Crippen LogP contribution in [0.1, 0.15) is 44.1 Å². The molecule has 114 valence electrons. The van der Waals surface area contributed by atoms with Gasteiger partial charge in [0.1, 0.15) is 0 Å². The Balaban J connectivity index is 1.55. The fourth-order valence-corrected chi connectivity index (χ4v) is 3.77. The van der Waals surface area contributed by atoms with Gasteiger partial charge in [-0.1, -0.05) is 12.8 Å². The monoisotopic (exact) mass is 287 g/mol. The summed E-state index contributed by atoms with van der Waals surface area (Å²) in [6, 6.07) is 3.50. The molecule has 0 bridgehead atoms. The standard InChI is InChI=1S/C17H25N3O/c1-2-4-17-16(3-1)20(9-10-21-17)15-7-8-18-11-13(15)12-19-14-5-6-14/h7-8,11,14,16-17,19H,1-6,9-10,12H2. The average Bonchev–Trinajstić information content (AvgIpc) is 3.37. The predicted octanol–water partition coefficient (Wildman–Crippen LogP) is 2.48. The molecule has 2 heterocycles. The Labute approximate surface area is 126 Å². The maximum atomic E-state index is 6.01. The van der Waals surface area contributed by atoms with E-state index < -0.39 is 0 Å². The summed E-state index contributed by atoms with van der Waals surface area (Å²) in [7, 11) is 0. The van der Waals surface area contributed by atoms with Crippen molar-refractivity contribution in [2.45, 2.75) is 63.3 Å². The highest BCUT2D eigenvalue weighted by Crippen LogP contribution is 2.33. The van der Waals surface area contributed by atoms with Crippen molar-refractivity contribution in [2.75, 3.05) is 18.1 Å². The second-order valence-electron chi connectivity index (χ2n) is 6.61. The number of nitrogens with zero attached hydrogens (tertiary/aromatic N) is 2. The molecule has 1 saturated heterocycles. The van der Waals surface area contributed by atoms with E-state index in [4.69, 9.17) is 4.74 Å². The lowest BCUT2D eigenvalue weighted by Gasteiger charge is -2.45. The number of rotatable bonds is 4. The second-order valence-corrected chi connectivity index (χ2v) is 6.61. The Hall–Kier alpha value is -1.13. The molecule has 3 aliphatic rings. The molecule has 4 heteroatoms. The van der Waals surface area contributed by atoms with Crippen LogP contribution in [0.3, 0.4) is 0 Å². The summed E-state index contributed by atoms with van der Waals surface area (Å²) >= 11 is 0. The number of pyridine rings is 1. The lowest BCUT2D eigenvalue weighted by molar-refractivity contribution is -0.00874. The van der Waals surface area contributed by atoms with E-state index >= 15 is 0 Å². The van der Waals surface area contributed by atoms with Crippen LogP contribution < -0.4 is 10.2 Å². The highest BCUT2D eigenvalue weighted by molar-refractivity contribution is 5.54. The molecule has 21 heavy (non-hydrogen) atoms. The van der Waals surface area contributed by atoms with E-state index in [0.29, 0.717) is 12.1 Å². The lowest BCUT2D eigenvalue weighted by Crippen LogP contribution is -2.53. The van der Waals surface area contributed by atoms with E-state index in [-0.39, 0.29) is 0 Å². The van der Waals surface area contributed by atoms with Crippen LogP contribution in [0.2, 0.25) is 0 Å². The van der Waals surface area contributed by atoms with Crippen LogP contribution in [-0.4, -0.2) is 36.3 Å². The molecule has 2 unspecified atom stereocenters. The van der Waals surface area contributed by atoms with Gasteiger partial charge < -0.3 is 15.0 Å². The maximum absolute atomic E-state index is 6.01. The van der Waals surface area contributed by atoms with Crippen molar-refractivity contribution >= 4 is 5.69 Å². The average molecular weight is 287 g/mol. The minimum Gasteiger partial charge on any atom is -0.374 e. The lowest BCUT2D eigenvalue weighted by atomic mass is 9.89. The first-order chi connectivity index (χ1) is 10.4.